The number of rotatable bonds is 4. The highest BCUT2D eigenvalue weighted by atomic mass is 16.5. The molecule has 0 aromatic carbocycles. The third kappa shape index (κ3) is 3.47. The van der Waals surface area contributed by atoms with E-state index in [4.69, 9.17) is 4.74 Å². The molecule has 1 N–H and O–H groups in total. The van der Waals surface area contributed by atoms with Crippen LogP contribution in [0.15, 0.2) is 18.5 Å². The molecule has 3 heterocycles. The lowest BCUT2D eigenvalue weighted by molar-refractivity contribution is -0.125. The monoisotopic (exact) mass is 316 g/mol. The molecule has 3 fully saturated rings. The molecule has 6 heteroatoms. The van der Waals surface area contributed by atoms with Gasteiger partial charge in [0.2, 0.25) is 11.9 Å². The van der Waals surface area contributed by atoms with Crippen molar-refractivity contribution in [2.45, 2.75) is 44.2 Å². The van der Waals surface area contributed by atoms with E-state index in [1.54, 1.807) is 12.4 Å². The average molecular weight is 316 g/mol. The molecule has 0 bridgehead atoms. The molecule has 0 radical (unpaired) electrons. The first-order valence-corrected chi connectivity index (χ1v) is 8.72. The molecule has 3 aliphatic rings. The second-order valence-electron chi connectivity index (χ2n) is 7.01. The molecule has 1 saturated carbocycles. The number of hydrogen-bond donors (Lipinski definition) is 1. The third-order valence-corrected chi connectivity index (χ3v) is 5.12. The molecule has 3 atom stereocenters. The molecule has 2 saturated heterocycles. The summed E-state index contributed by atoms with van der Waals surface area (Å²) in [5, 5.41) is 3.23. The molecular formula is C17H24N4O2. The first-order valence-electron chi connectivity index (χ1n) is 8.72. The summed E-state index contributed by atoms with van der Waals surface area (Å²) in [4.78, 5) is 23.2. The molecule has 2 aliphatic heterocycles. The maximum atomic E-state index is 12.3. The van der Waals surface area contributed by atoms with E-state index in [9.17, 15) is 4.79 Å². The summed E-state index contributed by atoms with van der Waals surface area (Å²) in [6, 6.07) is 1.86. The molecule has 124 valence electrons. The minimum absolute atomic E-state index is 0.0316. The smallest absolute Gasteiger partial charge is 0.225 e. The van der Waals surface area contributed by atoms with Gasteiger partial charge in [0.05, 0.1) is 12.1 Å². The summed E-state index contributed by atoms with van der Waals surface area (Å²) in [7, 11) is 0. The molecule has 1 aromatic heterocycles. The normalized spacial score (nSPS) is 30.6. The lowest BCUT2D eigenvalue weighted by atomic mass is 9.85. The summed E-state index contributed by atoms with van der Waals surface area (Å²) in [6.45, 7) is 2.43. The van der Waals surface area contributed by atoms with E-state index < -0.39 is 0 Å². The number of anilines is 1. The van der Waals surface area contributed by atoms with E-state index in [1.165, 1.54) is 12.8 Å². The SMILES string of the molecule is O=C(CC1CC1)N[C@@H]1CN(c2ncccn2)C[C@@H]2CCCO[C@@H]21. The van der Waals surface area contributed by atoms with Gasteiger partial charge in [-0.2, -0.15) is 0 Å². The van der Waals surface area contributed by atoms with Gasteiger partial charge < -0.3 is 15.0 Å². The topological polar surface area (TPSA) is 67.4 Å². The fourth-order valence-electron chi connectivity index (χ4n) is 3.80. The summed E-state index contributed by atoms with van der Waals surface area (Å²) >= 11 is 0. The zero-order chi connectivity index (χ0) is 15.6. The van der Waals surface area contributed by atoms with Crippen LogP contribution in [0.3, 0.4) is 0 Å². The van der Waals surface area contributed by atoms with Gasteiger partial charge in [-0.1, -0.05) is 0 Å². The second kappa shape index (κ2) is 6.43. The van der Waals surface area contributed by atoms with Gasteiger partial charge in [0, 0.05) is 44.4 Å². The number of hydrogen-bond acceptors (Lipinski definition) is 5. The fourth-order valence-corrected chi connectivity index (χ4v) is 3.80. The number of ether oxygens (including phenoxy) is 1. The predicted octanol–water partition coefficient (Wildman–Crippen LogP) is 1.38. The Labute approximate surface area is 136 Å². The zero-order valence-corrected chi connectivity index (χ0v) is 13.4. The standard InChI is InChI=1S/C17H24N4O2/c22-15(9-12-4-5-12)20-14-11-21(17-18-6-2-7-19-17)10-13-3-1-8-23-16(13)14/h2,6-7,12-14,16H,1,3-5,8-11H2,(H,20,22)/t13-,14+,16-/m0/s1. The van der Waals surface area contributed by atoms with Gasteiger partial charge in [-0.25, -0.2) is 9.97 Å². The van der Waals surface area contributed by atoms with Gasteiger partial charge in [-0.05, 0) is 37.7 Å². The third-order valence-electron chi connectivity index (χ3n) is 5.12. The van der Waals surface area contributed by atoms with Crippen LogP contribution in [0.2, 0.25) is 0 Å². The minimum atomic E-state index is 0.0316. The van der Waals surface area contributed by atoms with Crippen LogP contribution in [0.1, 0.15) is 32.1 Å². The number of nitrogens with one attached hydrogen (secondary N) is 1. The van der Waals surface area contributed by atoms with Gasteiger partial charge in [-0.3, -0.25) is 4.79 Å². The van der Waals surface area contributed by atoms with E-state index in [2.05, 4.69) is 20.2 Å². The molecule has 1 aromatic rings. The largest absolute Gasteiger partial charge is 0.376 e. The second-order valence-corrected chi connectivity index (χ2v) is 7.01. The molecule has 1 amide bonds. The van der Waals surface area contributed by atoms with Crippen molar-refractivity contribution in [3.63, 3.8) is 0 Å². The van der Waals surface area contributed by atoms with Crippen molar-refractivity contribution < 1.29 is 9.53 Å². The fraction of sp³-hybridized carbons (Fsp3) is 0.706. The molecule has 1 aliphatic carbocycles. The zero-order valence-electron chi connectivity index (χ0n) is 13.4. The number of fused-ring (bicyclic) bond motifs is 1. The molecule has 4 rings (SSSR count). The lowest BCUT2D eigenvalue weighted by Gasteiger charge is -2.45. The van der Waals surface area contributed by atoms with E-state index in [0.29, 0.717) is 18.3 Å². The summed E-state index contributed by atoms with van der Waals surface area (Å²) < 4.78 is 6.02. The molecule has 6 nitrogen and oxygen atoms in total. The number of piperidine rings is 1. The molecule has 0 unspecified atom stereocenters. The van der Waals surface area contributed by atoms with Crippen LogP contribution in [0.5, 0.6) is 0 Å². The number of aromatic nitrogens is 2. The molecular weight excluding hydrogens is 292 g/mol. The van der Waals surface area contributed by atoms with Crippen LogP contribution in [0.25, 0.3) is 0 Å². The highest BCUT2D eigenvalue weighted by Gasteiger charge is 2.41. The Morgan fingerprint density at radius 1 is 1.26 bits per heavy atom. The Kier molecular flexibility index (Phi) is 4.16. The first kappa shape index (κ1) is 14.9. The Morgan fingerprint density at radius 3 is 2.87 bits per heavy atom. The van der Waals surface area contributed by atoms with Crippen molar-refractivity contribution in [1.82, 2.24) is 15.3 Å². The van der Waals surface area contributed by atoms with E-state index >= 15 is 0 Å². The maximum absolute atomic E-state index is 12.3. The van der Waals surface area contributed by atoms with Crippen molar-refractivity contribution in [2.75, 3.05) is 24.6 Å². The number of amides is 1. The van der Waals surface area contributed by atoms with Crippen LogP contribution >= 0.6 is 0 Å². The van der Waals surface area contributed by atoms with Crippen LogP contribution < -0.4 is 10.2 Å². The van der Waals surface area contributed by atoms with Crippen LogP contribution in [-0.4, -0.2) is 47.7 Å². The van der Waals surface area contributed by atoms with Crippen LogP contribution in [-0.2, 0) is 9.53 Å². The van der Waals surface area contributed by atoms with Gasteiger partial charge >= 0.3 is 0 Å². The number of carbonyl (C=O) groups is 1. The van der Waals surface area contributed by atoms with Crippen molar-refractivity contribution in [3.8, 4) is 0 Å². The minimum Gasteiger partial charge on any atom is -0.376 e. The average Bonchev–Trinajstić information content (AvgIpc) is 3.39. The van der Waals surface area contributed by atoms with Crippen molar-refractivity contribution in [2.24, 2.45) is 11.8 Å². The van der Waals surface area contributed by atoms with Gasteiger partial charge in [0.15, 0.2) is 0 Å². The highest BCUT2D eigenvalue weighted by molar-refractivity contribution is 5.77. The van der Waals surface area contributed by atoms with E-state index in [0.717, 1.165) is 38.5 Å². The summed E-state index contributed by atoms with van der Waals surface area (Å²) in [6.07, 6.45) is 8.96. The van der Waals surface area contributed by atoms with E-state index in [1.807, 2.05) is 6.07 Å². The molecule has 23 heavy (non-hydrogen) atoms. The maximum Gasteiger partial charge on any atom is 0.225 e. The Balaban J connectivity index is 1.48. The Morgan fingerprint density at radius 2 is 2.09 bits per heavy atom. The molecule has 0 spiro atoms. The predicted molar refractivity (Wildman–Crippen MR) is 86.0 cm³/mol. The first-order chi connectivity index (χ1) is 11.3. The Bertz CT molecular complexity index is 549. The van der Waals surface area contributed by atoms with Gasteiger partial charge in [0.25, 0.3) is 0 Å². The van der Waals surface area contributed by atoms with Gasteiger partial charge in [-0.15, -0.1) is 0 Å². The van der Waals surface area contributed by atoms with Crippen molar-refractivity contribution in [1.29, 1.82) is 0 Å². The quantitative estimate of drug-likeness (QED) is 0.909. The van der Waals surface area contributed by atoms with Gasteiger partial charge in [0.1, 0.15) is 0 Å². The van der Waals surface area contributed by atoms with Crippen molar-refractivity contribution >= 4 is 11.9 Å². The Hall–Kier alpha value is -1.69. The highest BCUT2D eigenvalue weighted by Crippen LogP contribution is 2.33. The van der Waals surface area contributed by atoms with Crippen molar-refractivity contribution in [3.05, 3.63) is 18.5 Å². The van der Waals surface area contributed by atoms with Crippen LogP contribution in [0.4, 0.5) is 5.95 Å². The van der Waals surface area contributed by atoms with E-state index in [-0.39, 0.29) is 18.1 Å². The lowest BCUT2D eigenvalue weighted by Crippen LogP contribution is -2.61. The summed E-state index contributed by atoms with van der Waals surface area (Å²) in [5.41, 5.74) is 0. The number of nitrogens with zero attached hydrogens (tertiary/aromatic N) is 3. The van der Waals surface area contributed by atoms with Crippen LogP contribution in [0, 0.1) is 11.8 Å². The number of carbonyl (C=O) groups excluding carboxylic acids is 1. The summed E-state index contributed by atoms with van der Waals surface area (Å²) in [5.74, 6) is 1.96.